The molecule has 1 amide bonds. The molecule has 0 bridgehead atoms. The van der Waals surface area contributed by atoms with Gasteiger partial charge in [-0.25, -0.2) is 4.99 Å². The highest BCUT2D eigenvalue weighted by atomic mass is 16.2. The molecule has 0 radical (unpaired) electrons. The van der Waals surface area contributed by atoms with Gasteiger partial charge in [0.05, 0.1) is 11.4 Å². The Morgan fingerprint density at radius 3 is 2.45 bits per heavy atom. The van der Waals surface area contributed by atoms with Crippen molar-refractivity contribution in [3.05, 3.63) is 35.9 Å². The third-order valence-electron chi connectivity index (χ3n) is 4.14. The minimum Gasteiger partial charge on any atom is -0.291 e. The zero-order chi connectivity index (χ0) is 15.9. The quantitative estimate of drug-likeness (QED) is 0.930. The van der Waals surface area contributed by atoms with E-state index in [-0.39, 0.29) is 11.8 Å². The van der Waals surface area contributed by atoms with E-state index in [9.17, 15) is 4.79 Å². The summed E-state index contributed by atoms with van der Waals surface area (Å²) in [6, 6.07) is 9.48. The number of amidine groups is 1. The van der Waals surface area contributed by atoms with E-state index < -0.39 is 11.5 Å². The lowest BCUT2D eigenvalue weighted by Gasteiger charge is -2.27. The van der Waals surface area contributed by atoms with Crippen LogP contribution >= 0.6 is 0 Å². The Bertz CT molecular complexity index is 699. The highest BCUT2D eigenvalue weighted by molar-refractivity contribution is 6.52. The molecule has 2 aliphatic rings. The van der Waals surface area contributed by atoms with E-state index in [0.29, 0.717) is 11.5 Å². The predicted octanol–water partition coefficient (Wildman–Crippen LogP) is 2.33. The van der Waals surface area contributed by atoms with Crippen LogP contribution in [0.3, 0.4) is 0 Å². The minimum absolute atomic E-state index is 0.211. The fourth-order valence-corrected chi connectivity index (χ4v) is 2.69. The van der Waals surface area contributed by atoms with Crippen molar-refractivity contribution in [2.24, 2.45) is 21.0 Å². The molecule has 1 unspecified atom stereocenters. The number of hydrogen-bond acceptors (Lipinski definition) is 4. The van der Waals surface area contributed by atoms with E-state index in [4.69, 9.17) is 4.99 Å². The Balaban J connectivity index is 2.03. The van der Waals surface area contributed by atoms with Gasteiger partial charge < -0.3 is 0 Å². The van der Waals surface area contributed by atoms with Crippen molar-refractivity contribution in [3.63, 3.8) is 0 Å². The normalized spacial score (nSPS) is 21.0. The molecule has 0 fully saturated rings. The Kier molecular flexibility index (Phi) is 3.43. The smallest absolute Gasteiger partial charge is 0.277 e. The largest absolute Gasteiger partial charge is 0.291 e. The lowest BCUT2D eigenvalue weighted by atomic mass is 9.82. The SMILES string of the molecule is CC(C)C1=NNC2C(=O)N=C(C(C)(C)c3ccccc3)N=C12. The van der Waals surface area contributed by atoms with Crippen molar-refractivity contribution < 1.29 is 4.79 Å². The van der Waals surface area contributed by atoms with Gasteiger partial charge in [0.2, 0.25) is 0 Å². The number of nitrogens with one attached hydrogen (secondary N) is 1. The third kappa shape index (κ3) is 2.26. The number of hydrazone groups is 1. The number of aliphatic imine (C=N–C) groups is 2. The van der Waals surface area contributed by atoms with Crippen LogP contribution in [-0.2, 0) is 10.2 Å². The van der Waals surface area contributed by atoms with E-state index in [0.717, 1.165) is 11.3 Å². The van der Waals surface area contributed by atoms with Gasteiger partial charge >= 0.3 is 0 Å². The number of nitrogens with zero attached hydrogens (tertiary/aromatic N) is 3. The minimum atomic E-state index is -0.521. The molecule has 5 heteroatoms. The summed E-state index contributed by atoms with van der Waals surface area (Å²) in [4.78, 5) is 21.2. The summed E-state index contributed by atoms with van der Waals surface area (Å²) in [5.41, 5.74) is 5.06. The van der Waals surface area contributed by atoms with Crippen molar-refractivity contribution in [2.75, 3.05) is 0 Å². The van der Waals surface area contributed by atoms with Crippen molar-refractivity contribution in [3.8, 4) is 0 Å². The molecule has 1 N–H and O–H groups in total. The molecule has 114 valence electrons. The van der Waals surface area contributed by atoms with Crippen LogP contribution in [0.4, 0.5) is 0 Å². The lowest BCUT2D eigenvalue weighted by Crippen LogP contribution is -2.44. The fraction of sp³-hybridized carbons (Fsp3) is 0.412. The van der Waals surface area contributed by atoms with Gasteiger partial charge in [0, 0.05) is 5.41 Å². The van der Waals surface area contributed by atoms with E-state index in [2.05, 4.69) is 15.5 Å². The maximum Gasteiger partial charge on any atom is 0.277 e. The van der Waals surface area contributed by atoms with Gasteiger partial charge in [-0.05, 0) is 25.3 Å². The number of carbonyl (C=O) groups excluding carboxylic acids is 1. The molecule has 0 saturated heterocycles. The standard InChI is InChI=1S/C17H20N4O/c1-10(2)12-13-14(21-20-12)15(22)19-16(18-13)17(3,4)11-8-6-5-7-9-11/h5-10,14,21H,1-4H3. The number of rotatable bonds is 3. The van der Waals surface area contributed by atoms with Gasteiger partial charge in [-0.2, -0.15) is 10.1 Å². The highest BCUT2D eigenvalue weighted by Gasteiger charge is 2.40. The second kappa shape index (κ2) is 5.16. The van der Waals surface area contributed by atoms with Gasteiger partial charge in [0.25, 0.3) is 5.91 Å². The molecule has 2 heterocycles. The Hall–Kier alpha value is -2.30. The fourth-order valence-electron chi connectivity index (χ4n) is 2.69. The average Bonchev–Trinajstić information content (AvgIpc) is 2.93. The molecule has 2 aliphatic heterocycles. The second-order valence-corrected chi connectivity index (χ2v) is 6.48. The summed E-state index contributed by atoms with van der Waals surface area (Å²) in [6.45, 7) is 8.16. The summed E-state index contributed by atoms with van der Waals surface area (Å²) >= 11 is 0. The monoisotopic (exact) mass is 296 g/mol. The number of amides is 1. The first-order valence-corrected chi connectivity index (χ1v) is 7.52. The second-order valence-electron chi connectivity index (χ2n) is 6.48. The van der Waals surface area contributed by atoms with Gasteiger partial charge in [-0.3, -0.25) is 10.2 Å². The van der Waals surface area contributed by atoms with Crippen LogP contribution in [0, 0.1) is 5.92 Å². The van der Waals surface area contributed by atoms with E-state index in [1.807, 2.05) is 58.0 Å². The molecule has 1 aromatic carbocycles. The van der Waals surface area contributed by atoms with Gasteiger partial charge in [0.15, 0.2) is 6.04 Å². The van der Waals surface area contributed by atoms with Gasteiger partial charge in [-0.1, -0.05) is 44.2 Å². The molecular weight excluding hydrogens is 276 g/mol. The van der Waals surface area contributed by atoms with Crippen LogP contribution in [0.25, 0.3) is 0 Å². The zero-order valence-electron chi connectivity index (χ0n) is 13.3. The molecule has 0 spiro atoms. The Morgan fingerprint density at radius 2 is 1.82 bits per heavy atom. The Morgan fingerprint density at radius 1 is 1.14 bits per heavy atom. The number of fused-ring (bicyclic) bond motifs is 1. The first-order chi connectivity index (χ1) is 10.4. The van der Waals surface area contributed by atoms with E-state index in [1.165, 1.54) is 0 Å². The molecule has 3 rings (SSSR count). The Labute approximate surface area is 130 Å². The van der Waals surface area contributed by atoms with Crippen molar-refractivity contribution in [1.29, 1.82) is 0 Å². The summed E-state index contributed by atoms with van der Waals surface area (Å²) in [5, 5.41) is 4.26. The highest BCUT2D eigenvalue weighted by Crippen LogP contribution is 2.28. The van der Waals surface area contributed by atoms with E-state index >= 15 is 0 Å². The average molecular weight is 296 g/mol. The number of carbonyl (C=O) groups is 1. The van der Waals surface area contributed by atoms with E-state index in [1.54, 1.807) is 0 Å². The van der Waals surface area contributed by atoms with Crippen LogP contribution < -0.4 is 5.43 Å². The summed E-state index contributed by atoms with van der Waals surface area (Å²) < 4.78 is 0. The topological polar surface area (TPSA) is 66.2 Å². The van der Waals surface area contributed by atoms with Gasteiger partial charge in [-0.15, -0.1) is 0 Å². The number of benzene rings is 1. The van der Waals surface area contributed by atoms with Crippen LogP contribution in [0.2, 0.25) is 0 Å². The van der Waals surface area contributed by atoms with Gasteiger partial charge in [0.1, 0.15) is 5.84 Å². The third-order valence-corrected chi connectivity index (χ3v) is 4.14. The van der Waals surface area contributed by atoms with Crippen LogP contribution in [0.5, 0.6) is 0 Å². The summed E-state index contributed by atoms with van der Waals surface area (Å²) in [6.07, 6.45) is 0. The van der Waals surface area contributed by atoms with Crippen molar-refractivity contribution >= 4 is 23.2 Å². The number of hydrogen-bond donors (Lipinski definition) is 1. The first kappa shape index (κ1) is 14.6. The predicted molar refractivity (Wildman–Crippen MR) is 88.5 cm³/mol. The molecule has 5 nitrogen and oxygen atoms in total. The molecule has 1 atom stereocenters. The molecule has 0 saturated carbocycles. The summed E-state index contributed by atoms with van der Waals surface area (Å²) in [7, 11) is 0. The molecule has 0 aromatic heterocycles. The molecule has 1 aromatic rings. The zero-order valence-corrected chi connectivity index (χ0v) is 13.3. The van der Waals surface area contributed by atoms with Crippen LogP contribution in [0.1, 0.15) is 33.3 Å². The molecule has 0 aliphatic carbocycles. The maximum absolute atomic E-state index is 12.3. The first-order valence-electron chi connectivity index (χ1n) is 7.52. The summed E-state index contributed by atoms with van der Waals surface area (Å²) in [5.74, 6) is 0.540. The van der Waals surface area contributed by atoms with Crippen LogP contribution in [-0.4, -0.2) is 29.2 Å². The van der Waals surface area contributed by atoms with Crippen molar-refractivity contribution in [2.45, 2.75) is 39.2 Å². The maximum atomic E-state index is 12.3. The lowest BCUT2D eigenvalue weighted by molar-refractivity contribution is -0.118. The van der Waals surface area contributed by atoms with Crippen molar-refractivity contribution in [1.82, 2.24) is 5.43 Å². The molecule has 22 heavy (non-hydrogen) atoms. The van der Waals surface area contributed by atoms with Crippen LogP contribution in [0.15, 0.2) is 45.4 Å². The molecular formula is C17H20N4O.